The van der Waals surface area contributed by atoms with Crippen molar-refractivity contribution in [2.45, 2.75) is 46.6 Å². The van der Waals surface area contributed by atoms with Gasteiger partial charge in [0.15, 0.2) is 5.65 Å². The summed E-state index contributed by atoms with van der Waals surface area (Å²) in [7, 11) is 0. The van der Waals surface area contributed by atoms with Crippen molar-refractivity contribution in [3.05, 3.63) is 58.7 Å². The van der Waals surface area contributed by atoms with Crippen LogP contribution in [0.25, 0.3) is 11.0 Å². The van der Waals surface area contributed by atoms with Crippen LogP contribution in [-0.4, -0.2) is 62.6 Å². The first kappa shape index (κ1) is 22.9. The van der Waals surface area contributed by atoms with Gasteiger partial charge in [-0.1, -0.05) is 19.9 Å². The highest BCUT2D eigenvalue weighted by atomic mass is 19.1. The molecule has 4 rings (SSSR count). The summed E-state index contributed by atoms with van der Waals surface area (Å²) in [5.74, 6) is -0.520. The minimum absolute atomic E-state index is 0.0823. The molecule has 8 heteroatoms. The fourth-order valence-electron chi connectivity index (χ4n) is 4.08. The Labute approximate surface area is 193 Å². The van der Waals surface area contributed by atoms with E-state index in [1.54, 1.807) is 35.1 Å². The average Bonchev–Trinajstić information content (AvgIpc) is 3.24. The molecule has 0 atom stereocenters. The van der Waals surface area contributed by atoms with Gasteiger partial charge in [0.25, 0.3) is 11.8 Å². The highest BCUT2D eigenvalue weighted by Crippen LogP contribution is 2.26. The minimum Gasteiger partial charge on any atom is -0.335 e. The number of rotatable bonds is 4. The molecule has 0 N–H and O–H groups in total. The molecule has 2 aromatic heterocycles. The summed E-state index contributed by atoms with van der Waals surface area (Å²) in [4.78, 5) is 34.5. The summed E-state index contributed by atoms with van der Waals surface area (Å²) < 4.78 is 15.7. The molecule has 1 saturated heterocycles. The quantitative estimate of drug-likeness (QED) is 0.597. The second-order valence-electron chi connectivity index (χ2n) is 9.22. The molecular formula is C25H30FN5O2. The van der Waals surface area contributed by atoms with Crippen molar-refractivity contribution in [3.8, 4) is 0 Å². The number of carbonyl (C=O) groups is 2. The number of amides is 2. The maximum atomic E-state index is 13.9. The molecule has 7 nitrogen and oxygen atoms in total. The molecule has 0 radical (unpaired) electrons. The van der Waals surface area contributed by atoms with Crippen LogP contribution in [0.3, 0.4) is 0 Å². The topological polar surface area (TPSA) is 71.3 Å². The fraction of sp³-hybridized carbons (Fsp3) is 0.440. The molecule has 0 spiro atoms. The van der Waals surface area contributed by atoms with Crippen molar-refractivity contribution in [2.75, 3.05) is 26.2 Å². The van der Waals surface area contributed by atoms with E-state index < -0.39 is 0 Å². The number of carbonyl (C=O) groups excluding carboxylic acids is 2. The number of pyridine rings is 1. The van der Waals surface area contributed by atoms with Gasteiger partial charge in [0.1, 0.15) is 5.82 Å². The summed E-state index contributed by atoms with van der Waals surface area (Å²) in [6, 6.07) is 6.53. The number of fused-ring (bicyclic) bond motifs is 1. The molecule has 0 aliphatic carbocycles. The molecule has 2 amide bonds. The van der Waals surface area contributed by atoms with Gasteiger partial charge in [0.2, 0.25) is 0 Å². The van der Waals surface area contributed by atoms with Crippen molar-refractivity contribution < 1.29 is 14.0 Å². The van der Waals surface area contributed by atoms with Crippen molar-refractivity contribution in [2.24, 2.45) is 0 Å². The Hall–Kier alpha value is -3.29. The lowest BCUT2D eigenvalue weighted by Crippen LogP contribution is -2.50. The molecule has 1 aromatic carbocycles. The molecule has 3 heterocycles. The predicted molar refractivity (Wildman–Crippen MR) is 125 cm³/mol. The second kappa shape index (κ2) is 8.92. The van der Waals surface area contributed by atoms with Crippen LogP contribution >= 0.6 is 0 Å². The molecule has 0 saturated carbocycles. The molecule has 1 aliphatic heterocycles. The smallest absolute Gasteiger partial charge is 0.254 e. The Balaban J connectivity index is 1.55. The van der Waals surface area contributed by atoms with Crippen LogP contribution in [0.15, 0.2) is 30.5 Å². The van der Waals surface area contributed by atoms with Gasteiger partial charge >= 0.3 is 0 Å². The van der Waals surface area contributed by atoms with Crippen molar-refractivity contribution in [1.82, 2.24) is 24.6 Å². The van der Waals surface area contributed by atoms with E-state index in [0.717, 1.165) is 16.7 Å². The highest BCUT2D eigenvalue weighted by Gasteiger charge is 2.28. The molecule has 0 unspecified atom stereocenters. The number of aromatic nitrogens is 3. The third-order valence-corrected chi connectivity index (χ3v) is 6.17. The maximum absolute atomic E-state index is 13.9. The van der Waals surface area contributed by atoms with Crippen LogP contribution in [0.2, 0.25) is 0 Å². The van der Waals surface area contributed by atoms with Crippen LogP contribution in [0.1, 0.15) is 71.6 Å². The monoisotopic (exact) mass is 451 g/mol. The lowest BCUT2D eigenvalue weighted by molar-refractivity contribution is 0.0536. The standard InChI is InChI=1S/C25H30FN5O2/c1-15(2)22-13-19(20-14-27-31(16(3)4)23(20)28-22)25(33)30-10-8-29(9-11-30)24(32)18-7-6-17(5)21(26)12-18/h6-7,12-16H,8-11H2,1-5H3. The normalized spacial score (nSPS) is 14.5. The summed E-state index contributed by atoms with van der Waals surface area (Å²) in [6.07, 6.45) is 1.71. The van der Waals surface area contributed by atoms with Crippen LogP contribution in [-0.2, 0) is 0 Å². The zero-order valence-corrected chi connectivity index (χ0v) is 19.8. The van der Waals surface area contributed by atoms with Crippen molar-refractivity contribution >= 4 is 22.8 Å². The van der Waals surface area contributed by atoms with E-state index in [0.29, 0.717) is 42.9 Å². The molecule has 174 valence electrons. The van der Waals surface area contributed by atoms with Gasteiger partial charge in [-0.05, 0) is 50.5 Å². The van der Waals surface area contributed by atoms with Crippen LogP contribution in [0.5, 0.6) is 0 Å². The largest absolute Gasteiger partial charge is 0.335 e. The third-order valence-electron chi connectivity index (χ3n) is 6.17. The van der Waals surface area contributed by atoms with Gasteiger partial charge in [-0.25, -0.2) is 14.1 Å². The molecular weight excluding hydrogens is 421 g/mol. The number of aryl methyl sites for hydroxylation is 1. The van der Waals surface area contributed by atoms with Gasteiger partial charge in [0.05, 0.1) is 17.1 Å². The summed E-state index contributed by atoms with van der Waals surface area (Å²) in [5, 5.41) is 5.21. The Bertz CT molecular complexity index is 1210. The molecule has 33 heavy (non-hydrogen) atoms. The lowest BCUT2D eigenvalue weighted by Gasteiger charge is -2.35. The first-order valence-electron chi connectivity index (χ1n) is 11.4. The first-order chi connectivity index (χ1) is 15.7. The van der Waals surface area contributed by atoms with E-state index in [-0.39, 0.29) is 29.6 Å². The Morgan fingerprint density at radius 2 is 1.61 bits per heavy atom. The van der Waals surface area contributed by atoms with Gasteiger partial charge in [-0.3, -0.25) is 9.59 Å². The van der Waals surface area contributed by atoms with Gasteiger partial charge in [-0.15, -0.1) is 0 Å². The number of benzene rings is 1. The van der Waals surface area contributed by atoms with Crippen LogP contribution in [0.4, 0.5) is 4.39 Å². The van der Waals surface area contributed by atoms with Gasteiger partial charge in [-0.2, -0.15) is 5.10 Å². The SMILES string of the molecule is Cc1ccc(C(=O)N2CCN(C(=O)c3cc(C(C)C)nc4c3cnn4C(C)C)CC2)cc1F. The molecule has 3 aromatic rings. The average molecular weight is 452 g/mol. The number of hydrogen-bond acceptors (Lipinski definition) is 4. The van der Waals surface area contributed by atoms with E-state index >= 15 is 0 Å². The molecule has 1 fully saturated rings. The number of nitrogens with zero attached hydrogens (tertiary/aromatic N) is 5. The summed E-state index contributed by atoms with van der Waals surface area (Å²) in [5.41, 5.74) is 3.00. The number of hydrogen-bond donors (Lipinski definition) is 0. The molecule has 1 aliphatic rings. The second-order valence-corrected chi connectivity index (χ2v) is 9.22. The maximum Gasteiger partial charge on any atom is 0.254 e. The fourth-order valence-corrected chi connectivity index (χ4v) is 4.08. The number of piperazine rings is 1. The van der Waals surface area contributed by atoms with Crippen molar-refractivity contribution in [3.63, 3.8) is 0 Å². The van der Waals surface area contributed by atoms with E-state index in [4.69, 9.17) is 4.98 Å². The zero-order valence-electron chi connectivity index (χ0n) is 19.8. The Morgan fingerprint density at radius 1 is 0.970 bits per heavy atom. The Morgan fingerprint density at radius 3 is 2.18 bits per heavy atom. The lowest BCUT2D eigenvalue weighted by atomic mass is 10.0. The minimum atomic E-state index is -0.390. The van der Waals surface area contributed by atoms with E-state index in [2.05, 4.69) is 18.9 Å². The zero-order chi connectivity index (χ0) is 23.9. The van der Waals surface area contributed by atoms with E-state index in [1.807, 2.05) is 24.6 Å². The number of halogens is 1. The van der Waals surface area contributed by atoms with Crippen LogP contribution < -0.4 is 0 Å². The Kier molecular flexibility index (Phi) is 6.19. The molecule has 0 bridgehead atoms. The predicted octanol–water partition coefficient (Wildman–Crippen LogP) is 4.18. The van der Waals surface area contributed by atoms with Crippen molar-refractivity contribution in [1.29, 1.82) is 0 Å². The third kappa shape index (κ3) is 4.34. The van der Waals surface area contributed by atoms with Gasteiger partial charge < -0.3 is 9.80 Å². The first-order valence-corrected chi connectivity index (χ1v) is 11.4. The van der Waals surface area contributed by atoms with Gasteiger partial charge in [0, 0.05) is 43.5 Å². The van der Waals surface area contributed by atoms with E-state index in [9.17, 15) is 14.0 Å². The van der Waals surface area contributed by atoms with Crippen LogP contribution in [0, 0.1) is 12.7 Å². The summed E-state index contributed by atoms with van der Waals surface area (Å²) in [6.45, 7) is 11.5. The van der Waals surface area contributed by atoms with E-state index in [1.165, 1.54) is 6.07 Å². The highest BCUT2D eigenvalue weighted by molar-refractivity contribution is 6.05. The summed E-state index contributed by atoms with van der Waals surface area (Å²) >= 11 is 0.